The molecule has 30 heavy (non-hydrogen) atoms. The van der Waals surface area contributed by atoms with Crippen molar-refractivity contribution in [3.05, 3.63) is 66.1 Å². The van der Waals surface area contributed by atoms with Crippen LogP contribution in [0.1, 0.15) is 24.2 Å². The highest BCUT2D eigenvalue weighted by Gasteiger charge is 2.25. The number of aromatic nitrogens is 3. The normalized spacial score (nSPS) is 15.8. The van der Waals surface area contributed by atoms with Gasteiger partial charge in [0.05, 0.1) is 17.6 Å². The van der Waals surface area contributed by atoms with Gasteiger partial charge in [-0.05, 0) is 49.7 Å². The number of rotatable bonds is 5. The zero-order valence-electron chi connectivity index (χ0n) is 17.3. The van der Waals surface area contributed by atoms with Crippen molar-refractivity contribution in [2.24, 2.45) is 13.0 Å². The molecule has 0 aliphatic carbocycles. The van der Waals surface area contributed by atoms with Gasteiger partial charge in [0.2, 0.25) is 5.91 Å². The van der Waals surface area contributed by atoms with Gasteiger partial charge in [-0.3, -0.25) is 9.69 Å². The Bertz CT molecular complexity index is 1180. The van der Waals surface area contributed by atoms with Crippen molar-refractivity contribution in [1.82, 2.24) is 24.8 Å². The summed E-state index contributed by atoms with van der Waals surface area (Å²) >= 11 is 0. The summed E-state index contributed by atoms with van der Waals surface area (Å²) in [7, 11) is 2.00. The molecule has 0 atom stereocenters. The highest BCUT2D eigenvalue weighted by molar-refractivity contribution is 5.83. The van der Waals surface area contributed by atoms with Crippen LogP contribution in [0.4, 0.5) is 0 Å². The minimum atomic E-state index is 0.0823. The number of nitrogens with zero attached hydrogens (tertiary/aromatic N) is 3. The van der Waals surface area contributed by atoms with Crippen molar-refractivity contribution in [2.75, 3.05) is 13.1 Å². The second kappa shape index (κ2) is 7.95. The van der Waals surface area contributed by atoms with Crippen LogP contribution in [0.5, 0.6) is 0 Å². The van der Waals surface area contributed by atoms with Crippen LogP contribution in [-0.2, 0) is 24.9 Å². The van der Waals surface area contributed by atoms with Gasteiger partial charge in [-0.15, -0.1) is 0 Å². The predicted molar refractivity (Wildman–Crippen MR) is 119 cm³/mol. The summed E-state index contributed by atoms with van der Waals surface area (Å²) in [5, 5.41) is 4.40. The number of hydrogen-bond acceptors (Lipinski definition) is 3. The lowest BCUT2D eigenvalue weighted by atomic mass is 9.95. The van der Waals surface area contributed by atoms with Gasteiger partial charge < -0.3 is 14.9 Å². The number of fused-ring (bicyclic) bond motifs is 2. The highest BCUT2D eigenvalue weighted by atomic mass is 16.1. The fraction of sp³-hybridized carbons (Fsp3) is 0.333. The van der Waals surface area contributed by atoms with Gasteiger partial charge in [0.15, 0.2) is 0 Å². The first-order valence-electron chi connectivity index (χ1n) is 10.6. The smallest absolute Gasteiger partial charge is 0.223 e. The number of nitrogens with one attached hydrogen (secondary N) is 2. The quantitative estimate of drug-likeness (QED) is 0.537. The summed E-state index contributed by atoms with van der Waals surface area (Å²) in [6, 6.07) is 16.5. The number of aryl methyl sites for hydroxylation is 1. The van der Waals surface area contributed by atoms with E-state index in [0.29, 0.717) is 6.54 Å². The number of imidazole rings is 1. The molecule has 3 heterocycles. The van der Waals surface area contributed by atoms with Crippen molar-refractivity contribution < 1.29 is 4.79 Å². The largest absolute Gasteiger partial charge is 0.361 e. The molecule has 1 amide bonds. The molecule has 1 aliphatic rings. The first kappa shape index (κ1) is 18.9. The lowest BCUT2D eigenvalue weighted by molar-refractivity contribution is -0.126. The topological polar surface area (TPSA) is 66.0 Å². The number of carbonyl (C=O) groups is 1. The minimum Gasteiger partial charge on any atom is -0.361 e. The molecule has 6 nitrogen and oxygen atoms in total. The van der Waals surface area contributed by atoms with E-state index >= 15 is 0 Å². The molecule has 2 N–H and O–H groups in total. The van der Waals surface area contributed by atoms with Gasteiger partial charge in [-0.1, -0.05) is 30.3 Å². The van der Waals surface area contributed by atoms with Crippen LogP contribution in [0.15, 0.2) is 54.7 Å². The molecule has 5 rings (SSSR count). The van der Waals surface area contributed by atoms with Gasteiger partial charge in [0, 0.05) is 36.6 Å². The number of hydrogen-bond donors (Lipinski definition) is 2. The monoisotopic (exact) mass is 401 g/mol. The number of carbonyl (C=O) groups excluding carboxylic acids is 1. The van der Waals surface area contributed by atoms with Gasteiger partial charge in [0.1, 0.15) is 5.82 Å². The third-order valence-corrected chi connectivity index (χ3v) is 6.33. The third kappa shape index (κ3) is 3.59. The Labute approximate surface area is 175 Å². The van der Waals surface area contributed by atoms with E-state index in [-0.39, 0.29) is 11.8 Å². The number of H-pyrrole nitrogens is 1. The average molecular weight is 402 g/mol. The van der Waals surface area contributed by atoms with Crippen LogP contribution < -0.4 is 5.32 Å². The van der Waals surface area contributed by atoms with E-state index in [1.165, 1.54) is 16.5 Å². The Balaban J connectivity index is 1.15. The van der Waals surface area contributed by atoms with Gasteiger partial charge in [0.25, 0.3) is 0 Å². The summed E-state index contributed by atoms with van der Waals surface area (Å²) in [5.74, 6) is 1.12. The Morgan fingerprint density at radius 1 is 1.13 bits per heavy atom. The lowest BCUT2D eigenvalue weighted by Crippen LogP contribution is -2.40. The maximum atomic E-state index is 12.7. The number of aromatic amines is 1. The van der Waals surface area contributed by atoms with Crippen molar-refractivity contribution >= 4 is 27.8 Å². The number of para-hydroxylation sites is 3. The molecular weight excluding hydrogens is 374 g/mol. The molecule has 1 fully saturated rings. The summed E-state index contributed by atoms with van der Waals surface area (Å²) in [4.78, 5) is 23.2. The zero-order valence-corrected chi connectivity index (χ0v) is 17.3. The molecule has 1 aliphatic heterocycles. The van der Waals surface area contributed by atoms with Gasteiger partial charge >= 0.3 is 0 Å². The molecule has 4 aromatic rings. The van der Waals surface area contributed by atoms with Gasteiger partial charge in [-0.25, -0.2) is 4.98 Å². The molecule has 0 bridgehead atoms. The van der Waals surface area contributed by atoms with Crippen LogP contribution in [0.3, 0.4) is 0 Å². The molecule has 2 aromatic heterocycles. The maximum absolute atomic E-state index is 12.7. The van der Waals surface area contributed by atoms with E-state index in [1.54, 1.807) is 0 Å². The lowest BCUT2D eigenvalue weighted by Gasteiger charge is -2.31. The molecule has 6 heteroatoms. The standard InChI is InChI=1S/C24H27N5O/c1-28-22-9-5-4-8-21(22)27-23(28)15-26-24(30)17-10-12-29(13-11-17)16-18-14-25-20-7-3-2-6-19(18)20/h2-9,14,17,25H,10-13,15-16H2,1H3,(H,26,30). The summed E-state index contributed by atoms with van der Waals surface area (Å²) < 4.78 is 2.05. The van der Waals surface area contributed by atoms with E-state index in [9.17, 15) is 4.79 Å². The van der Waals surface area contributed by atoms with E-state index in [2.05, 4.69) is 61.3 Å². The molecule has 0 unspecified atom stereocenters. The molecule has 0 radical (unpaired) electrons. The second-order valence-corrected chi connectivity index (χ2v) is 8.20. The Morgan fingerprint density at radius 2 is 1.90 bits per heavy atom. The van der Waals surface area contributed by atoms with E-state index in [1.807, 2.05) is 25.2 Å². The van der Waals surface area contributed by atoms with Crippen molar-refractivity contribution in [3.8, 4) is 0 Å². The molecule has 2 aromatic carbocycles. The summed E-state index contributed by atoms with van der Waals surface area (Å²) in [5.41, 5.74) is 4.57. The summed E-state index contributed by atoms with van der Waals surface area (Å²) in [6.07, 6.45) is 3.91. The van der Waals surface area contributed by atoms with Crippen LogP contribution in [0.25, 0.3) is 21.9 Å². The predicted octanol–water partition coefficient (Wildman–Crippen LogP) is 3.58. The van der Waals surface area contributed by atoms with Crippen molar-refractivity contribution in [1.29, 1.82) is 0 Å². The Hall–Kier alpha value is -3.12. The molecule has 0 saturated carbocycles. The van der Waals surface area contributed by atoms with Crippen LogP contribution in [0, 0.1) is 5.92 Å². The number of amides is 1. The van der Waals surface area contributed by atoms with E-state index < -0.39 is 0 Å². The SMILES string of the molecule is Cn1c(CNC(=O)C2CCN(Cc3c[nH]c4ccccc34)CC2)nc2ccccc21. The zero-order chi connectivity index (χ0) is 20.5. The van der Waals surface area contributed by atoms with E-state index in [4.69, 9.17) is 0 Å². The Morgan fingerprint density at radius 3 is 2.73 bits per heavy atom. The molecular formula is C24H27N5O. The van der Waals surface area contributed by atoms with Crippen molar-refractivity contribution in [3.63, 3.8) is 0 Å². The maximum Gasteiger partial charge on any atom is 0.223 e. The van der Waals surface area contributed by atoms with Crippen molar-refractivity contribution in [2.45, 2.75) is 25.9 Å². The fourth-order valence-corrected chi connectivity index (χ4v) is 4.52. The number of likely N-dealkylation sites (tertiary alicyclic amines) is 1. The van der Waals surface area contributed by atoms with Crippen LogP contribution in [-0.4, -0.2) is 38.4 Å². The molecule has 1 saturated heterocycles. The first-order chi connectivity index (χ1) is 14.7. The minimum absolute atomic E-state index is 0.0823. The fourth-order valence-electron chi connectivity index (χ4n) is 4.52. The molecule has 154 valence electrons. The third-order valence-electron chi connectivity index (χ3n) is 6.33. The van der Waals surface area contributed by atoms with E-state index in [0.717, 1.165) is 49.3 Å². The van der Waals surface area contributed by atoms with Gasteiger partial charge in [-0.2, -0.15) is 0 Å². The van der Waals surface area contributed by atoms with Crippen LogP contribution >= 0.6 is 0 Å². The first-order valence-corrected chi connectivity index (χ1v) is 10.6. The average Bonchev–Trinajstić information content (AvgIpc) is 3.34. The highest BCUT2D eigenvalue weighted by Crippen LogP contribution is 2.23. The molecule has 0 spiro atoms. The van der Waals surface area contributed by atoms with Crippen LogP contribution in [0.2, 0.25) is 0 Å². The Kier molecular flexibility index (Phi) is 5.01. The second-order valence-electron chi connectivity index (χ2n) is 8.20. The number of piperidine rings is 1. The summed E-state index contributed by atoms with van der Waals surface area (Å²) in [6.45, 7) is 3.30. The number of benzene rings is 2.